The smallest absolute Gasteiger partial charge is 0.125 e. The molecule has 1 aromatic carbocycles. The molecule has 2 N–H and O–H groups in total. The van der Waals surface area contributed by atoms with Crippen LogP contribution < -0.4 is 10.5 Å². The minimum atomic E-state index is 0.470. The third kappa shape index (κ3) is 2.30. The molecule has 1 heterocycles. The molecule has 0 radical (unpaired) electrons. The van der Waals surface area contributed by atoms with Crippen molar-refractivity contribution in [1.82, 2.24) is 4.98 Å². The second-order valence-electron chi connectivity index (χ2n) is 4.00. The predicted molar refractivity (Wildman–Crippen MR) is 79.2 cm³/mol. The van der Waals surface area contributed by atoms with Crippen LogP contribution in [0.2, 0.25) is 0 Å². The third-order valence-corrected chi connectivity index (χ3v) is 4.95. The van der Waals surface area contributed by atoms with Gasteiger partial charge in [-0.05, 0) is 58.6 Å². The molecule has 0 aliphatic carbocycles. The highest BCUT2D eigenvalue weighted by Gasteiger charge is 2.14. The van der Waals surface area contributed by atoms with Crippen LogP contribution in [-0.2, 0) is 6.54 Å². The van der Waals surface area contributed by atoms with Gasteiger partial charge in [-0.15, -0.1) is 11.3 Å². The number of nitrogens with zero attached hydrogens (tertiary/aromatic N) is 1. The number of hydrogen-bond acceptors (Lipinski definition) is 4. The molecule has 5 heteroatoms. The van der Waals surface area contributed by atoms with E-state index in [4.69, 9.17) is 10.5 Å². The van der Waals surface area contributed by atoms with Crippen molar-refractivity contribution in [3.05, 3.63) is 32.9 Å². The summed E-state index contributed by atoms with van der Waals surface area (Å²) < 4.78 is 6.19. The molecular formula is C13H15BrN2OS. The molecule has 0 fully saturated rings. The van der Waals surface area contributed by atoms with Gasteiger partial charge in [-0.1, -0.05) is 0 Å². The number of benzene rings is 1. The maximum absolute atomic E-state index is 5.63. The molecule has 0 atom stereocenters. The molecule has 18 heavy (non-hydrogen) atoms. The number of aromatic nitrogens is 1. The quantitative estimate of drug-likeness (QED) is 0.936. The van der Waals surface area contributed by atoms with Crippen LogP contribution in [0.3, 0.4) is 0 Å². The minimum absolute atomic E-state index is 0.470. The van der Waals surface area contributed by atoms with Crippen molar-refractivity contribution >= 4 is 27.3 Å². The lowest BCUT2D eigenvalue weighted by Crippen LogP contribution is -1.93. The fourth-order valence-electron chi connectivity index (χ4n) is 1.86. The zero-order chi connectivity index (χ0) is 13.3. The van der Waals surface area contributed by atoms with Gasteiger partial charge in [0.1, 0.15) is 15.4 Å². The van der Waals surface area contributed by atoms with Crippen molar-refractivity contribution < 1.29 is 4.74 Å². The van der Waals surface area contributed by atoms with Gasteiger partial charge in [0.15, 0.2) is 0 Å². The lowest BCUT2D eigenvalue weighted by molar-refractivity contribution is 0.411. The van der Waals surface area contributed by atoms with Crippen LogP contribution in [-0.4, -0.2) is 12.1 Å². The minimum Gasteiger partial charge on any atom is -0.496 e. The van der Waals surface area contributed by atoms with Crippen LogP contribution in [0.4, 0.5) is 0 Å². The number of rotatable bonds is 3. The molecule has 96 valence electrons. The summed E-state index contributed by atoms with van der Waals surface area (Å²) in [6, 6.07) is 4.06. The van der Waals surface area contributed by atoms with Gasteiger partial charge in [0.25, 0.3) is 0 Å². The molecule has 0 spiro atoms. The molecule has 0 aliphatic heterocycles. The average molecular weight is 327 g/mol. The number of thiazole rings is 1. The molecular weight excluding hydrogens is 312 g/mol. The summed E-state index contributed by atoms with van der Waals surface area (Å²) in [4.78, 5) is 5.52. The predicted octanol–water partition coefficient (Wildman–Crippen LogP) is 3.66. The second kappa shape index (κ2) is 5.38. The monoisotopic (exact) mass is 326 g/mol. The Morgan fingerprint density at radius 3 is 2.61 bits per heavy atom. The van der Waals surface area contributed by atoms with E-state index in [2.05, 4.69) is 40.8 Å². The number of nitrogens with two attached hydrogens (primary N) is 1. The summed E-state index contributed by atoms with van der Waals surface area (Å²) in [7, 11) is 1.69. The van der Waals surface area contributed by atoms with Crippen LogP contribution >= 0.6 is 27.3 Å². The van der Waals surface area contributed by atoms with Gasteiger partial charge >= 0.3 is 0 Å². The van der Waals surface area contributed by atoms with E-state index < -0.39 is 0 Å². The van der Waals surface area contributed by atoms with Gasteiger partial charge in [0.05, 0.1) is 12.0 Å². The van der Waals surface area contributed by atoms with E-state index in [1.54, 1.807) is 18.4 Å². The van der Waals surface area contributed by atoms with Crippen molar-refractivity contribution in [1.29, 1.82) is 0 Å². The van der Waals surface area contributed by atoms with Crippen molar-refractivity contribution in [2.45, 2.75) is 20.4 Å². The highest BCUT2D eigenvalue weighted by Crippen LogP contribution is 2.38. The van der Waals surface area contributed by atoms with E-state index >= 15 is 0 Å². The summed E-state index contributed by atoms with van der Waals surface area (Å²) in [6.45, 7) is 4.63. The Bertz CT molecular complexity index is 581. The largest absolute Gasteiger partial charge is 0.496 e. The van der Waals surface area contributed by atoms with Crippen LogP contribution in [0.1, 0.15) is 16.1 Å². The first kappa shape index (κ1) is 13.5. The van der Waals surface area contributed by atoms with E-state index in [0.717, 1.165) is 25.8 Å². The first-order valence-electron chi connectivity index (χ1n) is 5.58. The molecule has 0 saturated carbocycles. The number of hydrogen-bond donors (Lipinski definition) is 1. The second-order valence-corrected chi connectivity index (χ2v) is 5.83. The number of ether oxygens (including phenoxy) is 1. The maximum Gasteiger partial charge on any atom is 0.125 e. The van der Waals surface area contributed by atoms with Gasteiger partial charge in [-0.25, -0.2) is 4.98 Å². The Morgan fingerprint density at radius 2 is 2.06 bits per heavy atom. The Morgan fingerprint density at radius 1 is 1.33 bits per heavy atom. The highest BCUT2D eigenvalue weighted by molar-refractivity contribution is 9.10. The van der Waals surface area contributed by atoms with E-state index in [0.29, 0.717) is 6.54 Å². The zero-order valence-electron chi connectivity index (χ0n) is 10.6. The summed E-state index contributed by atoms with van der Waals surface area (Å²) >= 11 is 5.13. The molecule has 1 aromatic heterocycles. The number of methoxy groups -OCH3 is 1. The topological polar surface area (TPSA) is 48.1 Å². The molecule has 0 unspecified atom stereocenters. The Labute approximate surface area is 119 Å². The fraction of sp³-hybridized carbons (Fsp3) is 0.308. The molecule has 0 saturated heterocycles. The summed E-state index contributed by atoms with van der Waals surface area (Å²) in [5.41, 5.74) is 9.18. The van der Waals surface area contributed by atoms with Gasteiger partial charge in [0, 0.05) is 6.54 Å². The van der Waals surface area contributed by atoms with Crippen molar-refractivity contribution in [2.24, 2.45) is 5.73 Å². The highest BCUT2D eigenvalue weighted by atomic mass is 79.9. The van der Waals surface area contributed by atoms with Gasteiger partial charge in [-0.3, -0.25) is 0 Å². The Hall–Kier alpha value is -0.910. The van der Waals surface area contributed by atoms with Crippen molar-refractivity contribution in [2.75, 3.05) is 7.11 Å². The summed E-state index contributed by atoms with van der Waals surface area (Å²) in [5.74, 6) is 0.913. The van der Waals surface area contributed by atoms with Crippen molar-refractivity contribution in [3.8, 4) is 16.2 Å². The molecule has 2 rings (SSSR count). The summed E-state index contributed by atoms with van der Waals surface area (Å²) in [6.07, 6.45) is 0. The first-order chi connectivity index (χ1) is 8.58. The SMILES string of the molecule is COc1ccc(-c2sc(CN)nc2Br)c(C)c1C. The fourth-order valence-corrected chi connectivity index (χ4v) is 3.56. The van der Waals surface area contributed by atoms with Crippen LogP contribution in [0.15, 0.2) is 16.7 Å². The van der Waals surface area contributed by atoms with Gasteiger partial charge < -0.3 is 10.5 Å². The lowest BCUT2D eigenvalue weighted by atomic mass is 10.0. The average Bonchev–Trinajstić information content (AvgIpc) is 2.74. The van der Waals surface area contributed by atoms with Crippen LogP contribution in [0.5, 0.6) is 5.75 Å². The van der Waals surface area contributed by atoms with E-state index in [1.165, 1.54) is 11.1 Å². The van der Waals surface area contributed by atoms with Crippen LogP contribution in [0.25, 0.3) is 10.4 Å². The lowest BCUT2D eigenvalue weighted by Gasteiger charge is -2.11. The zero-order valence-corrected chi connectivity index (χ0v) is 13.0. The van der Waals surface area contributed by atoms with E-state index in [-0.39, 0.29) is 0 Å². The molecule has 0 amide bonds. The summed E-state index contributed by atoms with van der Waals surface area (Å²) in [5, 5.41) is 0.935. The Kier molecular flexibility index (Phi) is 4.04. The van der Waals surface area contributed by atoms with Gasteiger partial charge in [-0.2, -0.15) is 0 Å². The van der Waals surface area contributed by atoms with E-state index in [1.807, 2.05) is 6.07 Å². The standard InChI is InChI=1S/C13H15BrN2OS/c1-7-8(2)10(17-3)5-4-9(7)12-13(14)16-11(6-15)18-12/h4-5H,6,15H2,1-3H3. The molecule has 2 aromatic rings. The normalized spacial score (nSPS) is 10.7. The van der Waals surface area contributed by atoms with Crippen molar-refractivity contribution in [3.63, 3.8) is 0 Å². The Balaban J connectivity index is 2.57. The number of halogens is 1. The van der Waals surface area contributed by atoms with E-state index in [9.17, 15) is 0 Å². The first-order valence-corrected chi connectivity index (χ1v) is 7.19. The molecule has 0 bridgehead atoms. The maximum atomic E-state index is 5.63. The molecule has 0 aliphatic rings. The third-order valence-electron chi connectivity index (χ3n) is 3.01. The van der Waals surface area contributed by atoms with Gasteiger partial charge in [0.2, 0.25) is 0 Å². The van der Waals surface area contributed by atoms with Crippen LogP contribution in [0, 0.1) is 13.8 Å². The molecule has 3 nitrogen and oxygen atoms in total.